The Morgan fingerprint density at radius 3 is 2.40 bits per heavy atom. The van der Waals surface area contributed by atoms with Crippen LogP contribution < -0.4 is 4.52 Å². The Balaban J connectivity index is 2.98. The molecule has 0 N–H and O–H groups in total. The third kappa shape index (κ3) is 2.93. The average molecular weight is 228 g/mol. The van der Waals surface area contributed by atoms with Gasteiger partial charge in [0.25, 0.3) is 0 Å². The highest BCUT2D eigenvalue weighted by molar-refractivity contribution is 7.48. The lowest BCUT2D eigenvalue weighted by molar-refractivity contribution is 0.211. The molecule has 1 rings (SSSR count). The van der Waals surface area contributed by atoms with Crippen molar-refractivity contribution in [2.24, 2.45) is 0 Å². The smallest absolute Gasteiger partial charge is 0.403 e. The Morgan fingerprint density at radius 2 is 1.87 bits per heavy atom. The molecular formula is C10H13O4P. The zero-order chi connectivity index (χ0) is 11.3. The van der Waals surface area contributed by atoms with Gasteiger partial charge in [-0.2, -0.15) is 0 Å². The number of hydrogen-bond donors (Lipinski definition) is 0. The molecule has 0 aliphatic rings. The highest BCUT2D eigenvalue weighted by Gasteiger charge is 2.25. The molecule has 1 aromatic rings. The third-order valence-corrected chi connectivity index (χ3v) is 3.11. The van der Waals surface area contributed by atoms with Crippen LogP contribution in [-0.2, 0) is 13.6 Å². The van der Waals surface area contributed by atoms with Crippen LogP contribution in [0.15, 0.2) is 30.8 Å². The summed E-state index contributed by atoms with van der Waals surface area (Å²) in [6.45, 7) is 3.62. The predicted molar refractivity (Wildman–Crippen MR) is 58.8 cm³/mol. The van der Waals surface area contributed by atoms with Crippen molar-refractivity contribution in [1.29, 1.82) is 0 Å². The van der Waals surface area contributed by atoms with Gasteiger partial charge in [0.1, 0.15) is 5.75 Å². The lowest BCUT2D eigenvalue weighted by Gasteiger charge is -2.15. The summed E-state index contributed by atoms with van der Waals surface area (Å²) in [5.74, 6) is 0.416. The van der Waals surface area contributed by atoms with E-state index in [1.54, 1.807) is 24.3 Å². The van der Waals surface area contributed by atoms with Crippen LogP contribution in [0.5, 0.6) is 5.75 Å². The minimum absolute atomic E-state index is 0.416. The molecule has 0 heterocycles. The summed E-state index contributed by atoms with van der Waals surface area (Å²) in [6, 6.07) is 7.05. The van der Waals surface area contributed by atoms with E-state index in [4.69, 9.17) is 4.52 Å². The van der Waals surface area contributed by atoms with Crippen molar-refractivity contribution in [2.75, 3.05) is 14.2 Å². The van der Waals surface area contributed by atoms with E-state index < -0.39 is 7.82 Å². The lowest BCUT2D eigenvalue weighted by Crippen LogP contribution is -1.98. The fourth-order valence-corrected chi connectivity index (χ4v) is 1.71. The standard InChI is InChI=1S/C10H13O4P/c1-4-9-7-5-6-8-10(9)14-15(11,12-2)13-3/h4-8H,1H2,2-3H3. The van der Waals surface area contributed by atoms with Crippen LogP contribution in [0.1, 0.15) is 5.56 Å². The molecule has 4 nitrogen and oxygen atoms in total. The molecule has 0 aliphatic heterocycles. The summed E-state index contributed by atoms with van der Waals surface area (Å²) in [6.07, 6.45) is 1.60. The first kappa shape index (κ1) is 12.0. The molecule has 0 saturated carbocycles. The van der Waals surface area contributed by atoms with Gasteiger partial charge < -0.3 is 4.52 Å². The van der Waals surface area contributed by atoms with E-state index in [9.17, 15) is 4.57 Å². The number of benzene rings is 1. The maximum atomic E-state index is 11.7. The summed E-state index contributed by atoms with van der Waals surface area (Å²) < 4.78 is 26.2. The topological polar surface area (TPSA) is 44.8 Å². The Bertz CT molecular complexity index is 381. The van der Waals surface area contributed by atoms with Gasteiger partial charge in [-0.05, 0) is 6.07 Å². The largest absolute Gasteiger partial charge is 0.529 e. The SMILES string of the molecule is C=Cc1ccccc1OP(=O)(OC)OC. The van der Waals surface area contributed by atoms with E-state index in [1.165, 1.54) is 14.2 Å². The molecule has 5 heteroatoms. The minimum Gasteiger partial charge on any atom is -0.403 e. The lowest BCUT2D eigenvalue weighted by atomic mass is 10.2. The normalized spacial score (nSPS) is 11.1. The Hall–Kier alpha value is -1.09. The van der Waals surface area contributed by atoms with E-state index in [-0.39, 0.29) is 0 Å². The fraction of sp³-hybridized carbons (Fsp3) is 0.200. The molecule has 0 saturated heterocycles. The number of phosphoric ester groups is 1. The van der Waals surface area contributed by atoms with Crippen LogP contribution in [0.3, 0.4) is 0 Å². The summed E-state index contributed by atoms with van der Waals surface area (Å²) in [4.78, 5) is 0. The van der Waals surface area contributed by atoms with Gasteiger partial charge in [0.05, 0.1) is 0 Å². The maximum Gasteiger partial charge on any atom is 0.529 e. The highest BCUT2D eigenvalue weighted by atomic mass is 31.2. The van der Waals surface area contributed by atoms with Crippen molar-refractivity contribution >= 4 is 13.9 Å². The van der Waals surface area contributed by atoms with Gasteiger partial charge in [-0.1, -0.05) is 30.9 Å². The third-order valence-electron chi connectivity index (χ3n) is 1.80. The average Bonchev–Trinajstić information content (AvgIpc) is 2.29. The summed E-state index contributed by atoms with van der Waals surface area (Å²) in [7, 11) is -0.962. The zero-order valence-electron chi connectivity index (χ0n) is 8.67. The highest BCUT2D eigenvalue weighted by Crippen LogP contribution is 2.48. The van der Waals surface area contributed by atoms with Crippen LogP contribution in [0.25, 0.3) is 6.08 Å². The van der Waals surface area contributed by atoms with E-state index in [2.05, 4.69) is 15.6 Å². The molecule has 0 amide bonds. The molecule has 82 valence electrons. The maximum absolute atomic E-state index is 11.7. The minimum atomic E-state index is -3.49. The second-order valence-electron chi connectivity index (χ2n) is 2.65. The summed E-state index contributed by atoms with van der Waals surface area (Å²) >= 11 is 0. The van der Waals surface area contributed by atoms with E-state index in [1.807, 2.05) is 6.07 Å². The van der Waals surface area contributed by atoms with Crippen molar-refractivity contribution in [3.63, 3.8) is 0 Å². The molecule has 0 spiro atoms. The van der Waals surface area contributed by atoms with Gasteiger partial charge >= 0.3 is 7.82 Å². The zero-order valence-corrected chi connectivity index (χ0v) is 9.57. The van der Waals surface area contributed by atoms with Crippen molar-refractivity contribution in [1.82, 2.24) is 0 Å². The first-order valence-electron chi connectivity index (χ1n) is 4.28. The van der Waals surface area contributed by atoms with Crippen molar-refractivity contribution in [2.45, 2.75) is 0 Å². The van der Waals surface area contributed by atoms with Crippen molar-refractivity contribution < 1.29 is 18.1 Å². The van der Waals surface area contributed by atoms with Gasteiger partial charge in [-0.3, -0.25) is 9.05 Å². The van der Waals surface area contributed by atoms with Gasteiger partial charge in [0, 0.05) is 19.8 Å². The number of phosphoric acid groups is 1. The molecule has 0 unspecified atom stereocenters. The molecule has 0 aliphatic carbocycles. The predicted octanol–water partition coefficient (Wildman–Crippen LogP) is 3.11. The fourth-order valence-electron chi connectivity index (χ4n) is 1.00. The van der Waals surface area contributed by atoms with Crippen LogP contribution in [-0.4, -0.2) is 14.2 Å². The summed E-state index contributed by atoms with van der Waals surface area (Å²) in [5, 5.41) is 0. The molecular weight excluding hydrogens is 215 g/mol. The molecule has 0 fully saturated rings. The second-order valence-corrected chi connectivity index (χ2v) is 4.45. The molecule has 0 radical (unpaired) electrons. The molecule has 0 aromatic heterocycles. The first-order valence-corrected chi connectivity index (χ1v) is 5.74. The molecule has 0 bridgehead atoms. The first-order chi connectivity index (χ1) is 7.15. The Kier molecular flexibility index (Phi) is 4.09. The number of hydrogen-bond acceptors (Lipinski definition) is 4. The molecule has 15 heavy (non-hydrogen) atoms. The quantitative estimate of drug-likeness (QED) is 0.726. The monoisotopic (exact) mass is 228 g/mol. The van der Waals surface area contributed by atoms with Crippen molar-refractivity contribution in [3.8, 4) is 5.75 Å². The van der Waals surface area contributed by atoms with Crippen LogP contribution in [0.2, 0.25) is 0 Å². The second kappa shape index (κ2) is 5.12. The summed E-state index contributed by atoms with van der Waals surface area (Å²) in [5.41, 5.74) is 0.729. The Morgan fingerprint density at radius 1 is 1.27 bits per heavy atom. The molecule has 0 atom stereocenters. The number of para-hydroxylation sites is 1. The van der Waals surface area contributed by atoms with Crippen molar-refractivity contribution in [3.05, 3.63) is 36.4 Å². The van der Waals surface area contributed by atoms with Crippen LogP contribution in [0, 0.1) is 0 Å². The van der Waals surface area contributed by atoms with E-state index in [0.29, 0.717) is 5.75 Å². The van der Waals surface area contributed by atoms with E-state index in [0.717, 1.165) is 5.56 Å². The van der Waals surface area contributed by atoms with E-state index >= 15 is 0 Å². The van der Waals surface area contributed by atoms with Crippen LogP contribution >= 0.6 is 7.82 Å². The molecule has 1 aromatic carbocycles. The Labute approximate surface area is 89.1 Å². The van der Waals surface area contributed by atoms with Gasteiger partial charge in [0.2, 0.25) is 0 Å². The van der Waals surface area contributed by atoms with Gasteiger partial charge in [-0.15, -0.1) is 0 Å². The van der Waals surface area contributed by atoms with Crippen LogP contribution in [0.4, 0.5) is 0 Å². The number of rotatable bonds is 5. The van der Waals surface area contributed by atoms with Gasteiger partial charge in [0.15, 0.2) is 0 Å². The van der Waals surface area contributed by atoms with Gasteiger partial charge in [-0.25, -0.2) is 4.57 Å².